The molecule has 3 aromatic carbocycles. The van der Waals surface area contributed by atoms with Crippen LogP contribution in [0.5, 0.6) is 0 Å². The molecule has 0 spiro atoms. The lowest BCUT2D eigenvalue weighted by atomic mass is 10.1. The summed E-state index contributed by atoms with van der Waals surface area (Å²) in [6.07, 6.45) is 6.04. The molecule has 1 amide bonds. The summed E-state index contributed by atoms with van der Waals surface area (Å²) in [6.45, 7) is 0.243. The Morgan fingerprint density at radius 1 is 0.886 bits per heavy atom. The molecule has 7 nitrogen and oxygen atoms in total. The smallest absolute Gasteiger partial charge is 0.251 e. The molecule has 1 N–H and O–H groups in total. The molecule has 5 aromatic rings. The van der Waals surface area contributed by atoms with Crippen LogP contribution in [-0.2, 0) is 16.4 Å². The van der Waals surface area contributed by atoms with Crippen LogP contribution in [0.3, 0.4) is 0 Å². The molecule has 2 heterocycles. The fraction of sp³-hybridized carbons (Fsp3) is 0.0385. The van der Waals surface area contributed by atoms with Crippen molar-refractivity contribution in [2.24, 2.45) is 0 Å². The van der Waals surface area contributed by atoms with Crippen LogP contribution in [0.2, 0.25) is 0 Å². The van der Waals surface area contributed by atoms with Crippen LogP contribution in [0.1, 0.15) is 15.9 Å². The zero-order chi connectivity index (χ0) is 24.4. The third kappa shape index (κ3) is 4.67. The summed E-state index contributed by atoms with van der Waals surface area (Å²) in [7, 11) is -3.80. The summed E-state index contributed by atoms with van der Waals surface area (Å²) in [5.41, 5.74) is 1.81. The van der Waals surface area contributed by atoms with Gasteiger partial charge in [0.25, 0.3) is 5.91 Å². The lowest BCUT2D eigenvalue weighted by molar-refractivity contribution is 0.0951. The fourth-order valence-electron chi connectivity index (χ4n) is 3.61. The molecular formula is C26H19FN4O3S. The van der Waals surface area contributed by atoms with Gasteiger partial charge >= 0.3 is 0 Å². The van der Waals surface area contributed by atoms with Crippen LogP contribution in [-0.4, -0.2) is 29.1 Å². The quantitative estimate of drug-likeness (QED) is 0.386. The molecule has 0 aliphatic rings. The maximum Gasteiger partial charge on any atom is 0.251 e. The fourth-order valence-corrected chi connectivity index (χ4v) is 4.80. The van der Waals surface area contributed by atoms with Crippen molar-refractivity contribution < 1.29 is 17.6 Å². The number of carbonyl (C=O) groups is 1. The van der Waals surface area contributed by atoms with Crippen LogP contribution in [0.25, 0.3) is 16.5 Å². The van der Waals surface area contributed by atoms with E-state index in [1.165, 1.54) is 53.5 Å². The molecule has 5 rings (SSSR count). The Balaban J connectivity index is 1.27. The SMILES string of the molecule is O=C(NCc1ccc(S(=O)(=O)c2cnn(-c3ccc(F)cc3)c2)cc1)c1ccc2ccncc2c1. The maximum absolute atomic E-state index is 13.1. The molecule has 9 heteroatoms. The Hall–Kier alpha value is -4.37. The van der Waals surface area contributed by atoms with E-state index in [0.717, 1.165) is 16.3 Å². The normalized spacial score (nSPS) is 11.5. The molecule has 35 heavy (non-hydrogen) atoms. The number of pyridine rings is 1. The monoisotopic (exact) mass is 486 g/mol. The van der Waals surface area contributed by atoms with Gasteiger partial charge in [0.15, 0.2) is 0 Å². The summed E-state index contributed by atoms with van der Waals surface area (Å²) in [5, 5.41) is 8.80. The Labute approximate surface area is 200 Å². The molecular weight excluding hydrogens is 467 g/mol. The van der Waals surface area contributed by atoms with Crippen LogP contribution in [0.15, 0.2) is 107 Å². The molecule has 0 atom stereocenters. The third-order valence-electron chi connectivity index (χ3n) is 5.55. The maximum atomic E-state index is 13.1. The van der Waals surface area contributed by atoms with E-state index in [1.54, 1.807) is 36.7 Å². The van der Waals surface area contributed by atoms with Gasteiger partial charge in [-0.15, -0.1) is 0 Å². The number of aromatic nitrogens is 3. The number of nitrogens with one attached hydrogen (secondary N) is 1. The number of hydrogen-bond donors (Lipinski definition) is 1. The number of sulfone groups is 1. The largest absolute Gasteiger partial charge is 0.348 e. The van der Waals surface area contributed by atoms with Crippen LogP contribution >= 0.6 is 0 Å². The standard InChI is InChI=1S/C26H19FN4O3S/c27-22-5-7-23(8-6-22)31-17-25(16-30-31)35(33,34)24-9-1-18(2-10-24)14-29-26(32)20-4-3-19-11-12-28-15-21(19)13-20/h1-13,15-17H,14H2,(H,29,32). The van der Waals surface area contributed by atoms with Gasteiger partial charge in [-0.25, -0.2) is 17.5 Å². The van der Waals surface area contributed by atoms with Gasteiger partial charge in [-0.2, -0.15) is 5.10 Å². The van der Waals surface area contributed by atoms with Crippen molar-refractivity contribution in [1.29, 1.82) is 0 Å². The van der Waals surface area contributed by atoms with Gasteiger partial charge in [0, 0.05) is 36.1 Å². The topological polar surface area (TPSA) is 94.0 Å². The van der Waals surface area contributed by atoms with E-state index in [9.17, 15) is 17.6 Å². The minimum absolute atomic E-state index is 0.0219. The van der Waals surface area contributed by atoms with Crippen molar-refractivity contribution in [3.8, 4) is 5.69 Å². The van der Waals surface area contributed by atoms with Crippen molar-refractivity contribution in [2.75, 3.05) is 0 Å². The zero-order valence-corrected chi connectivity index (χ0v) is 19.1. The first-order valence-electron chi connectivity index (χ1n) is 10.7. The second-order valence-corrected chi connectivity index (χ2v) is 9.81. The molecule has 0 aliphatic carbocycles. The lowest BCUT2D eigenvalue weighted by Gasteiger charge is -2.08. The second-order valence-electron chi connectivity index (χ2n) is 7.86. The molecule has 0 saturated heterocycles. The van der Waals surface area contributed by atoms with E-state index < -0.39 is 9.84 Å². The molecule has 0 unspecified atom stereocenters. The first kappa shape index (κ1) is 22.4. The van der Waals surface area contributed by atoms with Crippen LogP contribution in [0, 0.1) is 5.82 Å². The van der Waals surface area contributed by atoms with E-state index in [1.807, 2.05) is 12.1 Å². The first-order valence-corrected chi connectivity index (χ1v) is 12.2. The molecule has 174 valence electrons. The Morgan fingerprint density at radius 2 is 1.66 bits per heavy atom. The van der Waals surface area contributed by atoms with Gasteiger partial charge in [-0.1, -0.05) is 18.2 Å². The molecule has 0 saturated carbocycles. The van der Waals surface area contributed by atoms with E-state index >= 15 is 0 Å². The number of rotatable bonds is 6. The van der Waals surface area contributed by atoms with Crippen molar-refractivity contribution in [3.63, 3.8) is 0 Å². The number of carbonyl (C=O) groups excluding carboxylic acids is 1. The Bertz CT molecular complexity index is 1630. The zero-order valence-electron chi connectivity index (χ0n) is 18.3. The number of nitrogens with zero attached hydrogens (tertiary/aromatic N) is 3. The van der Waals surface area contributed by atoms with Gasteiger partial charge in [0.2, 0.25) is 9.84 Å². The average molecular weight is 487 g/mol. The summed E-state index contributed by atoms with van der Waals surface area (Å²) in [4.78, 5) is 16.8. The highest BCUT2D eigenvalue weighted by atomic mass is 32.2. The molecule has 2 aromatic heterocycles. The molecule has 0 fully saturated rings. The minimum atomic E-state index is -3.80. The molecule has 0 radical (unpaired) electrons. The number of hydrogen-bond acceptors (Lipinski definition) is 5. The van der Waals surface area contributed by atoms with Crippen molar-refractivity contribution in [3.05, 3.63) is 115 Å². The summed E-state index contributed by atoms with van der Waals surface area (Å²) >= 11 is 0. The van der Waals surface area contributed by atoms with Crippen LogP contribution in [0.4, 0.5) is 4.39 Å². The first-order chi connectivity index (χ1) is 16.9. The second kappa shape index (κ2) is 9.11. The highest BCUT2D eigenvalue weighted by Gasteiger charge is 2.20. The van der Waals surface area contributed by atoms with E-state index in [4.69, 9.17) is 0 Å². The van der Waals surface area contributed by atoms with Crippen molar-refractivity contribution >= 4 is 26.5 Å². The van der Waals surface area contributed by atoms with Gasteiger partial charge in [-0.05, 0) is 65.5 Å². The number of halogens is 1. The molecule has 0 bridgehead atoms. The summed E-state index contributed by atoms with van der Waals surface area (Å²) < 4.78 is 40.5. The highest BCUT2D eigenvalue weighted by Crippen LogP contribution is 2.22. The third-order valence-corrected chi connectivity index (χ3v) is 7.27. The Morgan fingerprint density at radius 3 is 2.43 bits per heavy atom. The summed E-state index contributed by atoms with van der Waals surface area (Å²) in [6, 6.07) is 19.1. The average Bonchev–Trinajstić information content (AvgIpc) is 3.39. The van der Waals surface area contributed by atoms with Gasteiger partial charge < -0.3 is 5.32 Å². The lowest BCUT2D eigenvalue weighted by Crippen LogP contribution is -2.22. The van der Waals surface area contributed by atoms with Crippen molar-refractivity contribution in [2.45, 2.75) is 16.3 Å². The highest BCUT2D eigenvalue weighted by molar-refractivity contribution is 7.91. The van der Waals surface area contributed by atoms with Crippen molar-refractivity contribution in [1.82, 2.24) is 20.1 Å². The Kier molecular flexibility index (Phi) is 5.84. The predicted molar refractivity (Wildman–Crippen MR) is 128 cm³/mol. The van der Waals surface area contributed by atoms with Gasteiger partial charge in [-0.3, -0.25) is 9.78 Å². The van der Waals surface area contributed by atoms with E-state index in [2.05, 4.69) is 15.4 Å². The van der Waals surface area contributed by atoms with Gasteiger partial charge in [0.1, 0.15) is 10.7 Å². The van der Waals surface area contributed by atoms with Gasteiger partial charge in [0.05, 0.1) is 16.8 Å². The number of fused-ring (bicyclic) bond motifs is 1. The van der Waals surface area contributed by atoms with Crippen LogP contribution < -0.4 is 5.32 Å². The van der Waals surface area contributed by atoms with E-state index in [-0.39, 0.29) is 28.1 Å². The predicted octanol–water partition coefficient (Wildman–Crippen LogP) is 4.32. The number of amides is 1. The number of benzene rings is 3. The van der Waals surface area contributed by atoms with E-state index in [0.29, 0.717) is 11.3 Å². The minimum Gasteiger partial charge on any atom is -0.348 e. The summed E-state index contributed by atoms with van der Waals surface area (Å²) in [5.74, 6) is -0.625. The molecule has 0 aliphatic heterocycles.